The molecule has 0 aliphatic carbocycles. The second-order valence-electron chi connectivity index (χ2n) is 3.30. The molecule has 1 heterocycles. The molecule has 0 atom stereocenters. The quantitative estimate of drug-likeness (QED) is 0.619. The monoisotopic (exact) mass is 255 g/mol. The van der Waals surface area contributed by atoms with Crippen LogP contribution in [0.15, 0.2) is 12.2 Å². The van der Waals surface area contributed by atoms with Crippen LogP contribution in [0.2, 0.25) is 0 Å². The van der Waals surface area contributed by atoms with Crippen molar-refractivity contribution < 1.29 is 19.2 Å². The molecule has 0 aromatic rings. The maximum Gasteiger partial charge on any atom is 0.254 e. The summed E-state index contributed by atoms with van der Waals surface area (Å²) in [6.45, 7) is 1.61. The Morgan fingerprint density at radius 3 is 1.78 bits per heavy atom. The number of likely N-dealkylation sites (N-methyl/N-ethyl adjacent to an activating group) is 1. The Labute approximate surface area is 105 Å². The van der Waals surface area contributed by atoms with Crippen LogP contribution < -0.4 is 10.6 Å². The molecular formula is C11H17N3O4. The highest BCUT2D eigenvalue weighted by Gasteiger charge is 2.24. The molecule has 2 N–H and O–H groups in total. The van der Waals surface area contributed by atoms with E-state index < -0.39 is 11.8 Å². The van der Waals surface area contributed by atoms with Gasteiger partial charge in [-0.3, -0.25) is 24.1 Å². The normalized spacial score (nSPS) is 12.9. The molecule has 0 unspecified atom stereocenters. The second-order valence-corrected chi connectivity index (χ2v) is 3.30. The summed E-state index contributed by atoms with van der Waals surface area (Å²) in [5.41, 5.74) is 0. The van der Waals surface area contributed by atoms with Gasteiger partial charge in [-0.25, -0.2) is 0 Å². The maximum atomic E-state index is 10.9. The minimum Gasteiger partial charge on any atom is -0.359 e. The number of hydrogen-bond acceptors (Lipinski definition) is 4. The Morgan fingerprint density at radius 2 is 1.50 bits per heavy atom. The van der Waals surface area contributed by atoms with E-state index in [1.54, 1.807) is 7.05 Å². The first-order valence-corrected chi connectivity index (χ1v) is 5.40. The number of imide groups is 1. The molecule has 18 heavy (non-hydrogen) atoms. The molecule has 1 aliphatic rings. The zero-order valence-electron chi connectivity index (χ0n) is 10.6. The van der Waals surface area contributed by atoms with Gasteiger partial charge in [-0.15, -0.1) is 0 Å². The van der Waals surface area contributed by atoms with Crippen LogP contribution in [0.1, 0.15) is 13.3 Å². The maximum absolute atomic E-state index is 10.9. The van der Waals surface area contributed by atoms with Gasteiger partial charge in [0, 0.05) is 32.7 Å². The van der Waals surface area contributed by atoms with Gasteiger partial charge in [0.1, 0.15) is 6.54 Å². The number of rotatable bonds is 3. The smallest absolute Gasteiger partial charge is 0.254 e. The molecule has 0 saturated heterocycles. The van der Waals surface area contributed by atoms with E-state index in [9.17, 15) is 19.2 Å². The molecule has 7 heteroatoms. The number of carbonyl (C=O) groups is 4. The number of carbonyl (C=O) groups excluding carboxylic acids is 4. The fraction of sp³-hybridized carbons (Fsp3) is 0.455. The van der Waals surface area contributed by atoms with Crippen LogP contribution in [0.3, 0.4) is 0 Å². The minimum atomic E-state index is -0.441. The van der Waals surface area contributed by atoms with Gasteiger partial charge in [-0.05, 0) is 0 Å². The van der Waals surface area contributed by atoms with Gasteiger partial charge in [0.25, 0.3) is 11.8 Å². The third-order valence-corrected chi connectivity index (χ3v) is 2.08. The van der Waals surface area contributed by atoms with Crippen LogP contribution >= 0.6 is 0 Å². The van der Waals surface area contributed by atoms with Gasteiger partial charge < -0.3 is 10.6 Å². The fourth-order valence-corrected chi connectivity index (χ4v) is 0.986. The van der Waals surface area contributed by atoms with Crippen molar-refractivity contribution in [2.75, 3.05) is 20.6 Å². The number of nitrogens with one attached hydrogen (secondary N) is 2. The summed E-state index contributed by atoms with van der Waals surface area (Å²) < 4.78 is 0. The highest BCUT2D eigenvalue weighted by molar-refractivity contribution is 6.14. The molecule has 7 nitrogen and oxygen atoms in total. The predicted octanol–water partition coefficient (Wildman–Crippen LogP) is -1.20. The van der Waals surface area contributed by atoms with E-state index in [1.807, 2.05) is 6.92 Å². The first kappa shape index (κ1) is 15.8. The van der Waals surface area contributed by atoms with Crippen molar-refractivity contribution in [2.24, 2.45) is 0 Å². The van der Waals surface area contributed by atoms with E-state index in [-0.39, 0.29) is 18.4 Å². The third kappa shape index (κ3) is 5.24. The molecule has 0 saturated carbocycles. The Balaban J connectivity index is 0.000000411. The zero-order chi connectivity index (χ0) is 14.1. The first-order chi connectivity index (χ1) is 8.46. The zero-order valence-corrected chi connectivity index (χ0v) is 10.6. The van der Waals surface area contributed by atoms with Gasteiger partial charge in [-0.2, -0.15) is 0 Å². The summed E-state index contributed by atoms with van der Waals surface area (Å²) >= 11 is 0. The van der Waals surface area contributed by atoms with Gasteiger partial charge in [0.2, 0.25) is 11.8 Å². The van der Waals surface area contributed by atoms with Crippen LogP contribution in [-0.2, 0) is 19.2 Å². The molecule has 0 bridgehead atoms. The van der Waals surface area contributed by atoms with E-state index >= 15 is 0 Å². The average molecular weight is 255 g/mol. The number of nitrogens with zero attached hydrogens (tertiary/aromatic N) is 1. The lowest BCUT2D eigenvalue weighted by Crippen LogP contribution is -2.39. The second kappa shape index (κ2) is 7.99. The summed E-state index contributed by atoms with van der Waals surface area (Å²) in [6.07, 6.45) is 2.87. The Kier molecular flexibility index (Phi) is 7.02. The minimum absolute atomic E-state index is 0.0926. The van der Waals surface area contributed by atoms with Crippen molar-refractivity contribution in [1.29, 1.82) is 0 Å². The van der Waals surface area contributed by atoms with E-state index in [4.69, 9.17) is 0 Å². The van der Waals surface area contributed by atoms with Crippen molar-refractivity contribution in [1.82, 2.24) is 15.5 Å². The van der Waals surface area contributed by atoms with Gasteiger partial charge in [0.05, 0.1) is 0 Å². The first-order valence-electron chi connectivity index (χ1n) is 5.40. The number of amides is 4. The fourth-order valence-electron chi connectivity index (χ4n) is 0.986. The summed E-state index contributed by atoms with van der Waals surface area (Å²) in [5.74, 6) is -1.15. The van der Waals surface area contributed by atoms with Gasteiger partial charge >= 0.3 is 0 Å². The average Bonchev–Trinajstić information content (AvgIpc) is 2.70. The van der Waals surface area contributed by atoms with E-state index in [0.29, 0.717) is 6.42 Å². The molecule has 0 aromatic heterocycles. The van der Waals surface area contributed by atoms with Crippen LogP contribution in [-0.4, -0.2) is 49.2 Å². The molecule has 0 fully saturated rings. The molecule has 100 valence electrons. The Bertz CT molecular complexity index is 352. The molecule has 0 spiro atoms. The lowest BCUT2D eigenvalue weighted by molar-refractivity contribution is -0.140. The van der Waals surface area contributed by atoms with Crippen molar-refractivity contribution in [3.05, 3.63) is 12.2 Å². The topological polar surface area (TPSA) is 95.6 Å². The number of hydrogen-bond donors (Lipinski definition) is 2. The van der Waals surface area contributed by atoms with Gasteiger partial charge in [0.15, 0.2) is 0 Å². The summed E-state index contributed by atoms with van der Waals surface area (Å²) in [4.78, 5) is 43.5. The molecule has 0 aromatic carbocycles. The lowest BCUT2D eigenvalue weighted by atomic mass is 10.5. The Morgan fingerprint density at radius 1 is 1.06 bits per heavy atom. The third-order valence-electron chi connectivity index (χ3n) is 2.08. The van der Waals surface area contributed by atoms with E-state index in [2.05, 4.69) is 10.6 Å². The van der Waals surface area contributed by atoms with Crippen molar-refractivity contribution in [2.45, 2.75) is 13.3 Å². The standard InChI is InChI=1S/C7H8N2O3.C4H9NO/c1-8-5(10)4-9-6(11)2-3-7(9)12;1-3-4(6)5-2/h2-3H,4H2,1H3,(H,8,10);3H2,1-2H3,(H,5,6). The van der Waals surface area contributed by atoms with Crippen molar-refractivity contribution in [3.8, 4) is 0 Å². The Hall–Kier alpha value is -2.18. The highest BCUT2D eigenvalue weighted by Crippen LogP contribution is 2.01. The molecule has 4 amide bonds. The van der Waals surface area contributed by atoms with Crippen LogP contribution in [0.4, 0.5) is 0 Å². The van der Waals surface area contributed by atoms with Crippen LogP contribution in [0.25, 0.3) is 0 Å². The lowest BCUT2D eigenvalue weighted by Gasteiger charge is -2.11. The van der Waals surface area contributed by atoms with Crippen LogP contribution in [0.5, 0.6) is 0 Å². The molecule has 1 aliphatic heterocycles. The molecular weight excluding hydrogens is 238 g/mol. The molecule has 0 radical (unpaired) electrons. The summed E-state index contributed by atoms with van der Waals surface area (Å²) in [6, 6.07) is 0. The highest BCUT2D eigenvalue weighted by atomic mass is 16.2. The summed E-state index contributed by atoms with van der Waals surface area (Å²) in [7, 11) is 3.08. The SMILES string of the molecule is CCC(=O)NC.CNC(=O)CN1C(=O)C=CC1=O. The van der Waals surface area contributed by atoms with Crippen LogP contribution in [0, 0.1) is 0 Å². The van der Waals surface area contributed by atoms with Crippen molar-refractivity contribution >= 4 is 23.6 Å². The predicted molar refractivity (Wildman–Crippen MR) is 64.3 cm³/mol. The van der Waals surface area contributed by atoms with E-state index in [1.165, 1.54) is 7.05 Å². The summed E-state index contributed by atoms with van der Waals surface area (Å²) in [5, 5.41) is 4.80. The molecule has 1 rings (SSSR count). The van der Waals surface area contributed by atoms with Crippen molar-refractivity contribution in [3.63, 3.8) is 0 Å². The largest absolute Gasteiger partial charge is 0.359 e. The van der Waals surface area contributed by atoms with Gasteiger partial charge in [-0.1, -0.05) is 6.92 Å². The van der Waals surface area contributed by atoms with E-state index in [0.717, 1.165) is 17.1 Å².